The second-order valence-electron chi connectivity index (χ2n) is 4.30. The minimum absolute atomic E-state index is 0.101. The molecule has 5 heteroatoms. The third-order valence-electron chi connectivity index (χ3n) is 2.00. The second-order valence-corrected chi connectivity index (χ2v) is 6.22. The molecule has 0 rings (SSSR count). The van der Waals surface area contributed by atoms with Gasteiger partial charge in [0.15, 0.2) is 0 Å². The Morgan fingerprint density at radius 3 is 2.06 bits per heavy atom. The molecule has 0 aliphatic carbocycles. The predicted octanol–water partition coefficient (Wildman–Crippen LogP) is 3.68. The SMILES string of the molecule is CCCN(C(C)C)P(=O)(OCC)OC(C)C. The van der Waals surface area contributed by atoms with Gasteiger partial charge in [-0.1, -0.05) is 6.92 Å². The third-order valence-corrected chi connectivity index (χ3v) is 4.56. The molecule has 0 aromatic rings. The number of nitrogens with zero attached hydrogens (tertiary/aromatic N) is 1. The summed E-state index contributed by atoms with van der Waals surface area (Å²) < 4.78 is 25.4. The fraction of sp³-hybridized carbons (Fsp3) is 1.00. The summed E-state index contributed by atoms with van der Waals surface area (Å²) in [6.07, 6.45) is 0.826. The van der Waals surface area contributed by atoms with E-state index in [4.69, 9.17) is 9.05 Å². The fourth-order valence-corrected chi connectivity index (χ4v) is 3.69. The van der Waals surface area contributed by atoms with Crippen LogP contribution in [-0.4, -0.2) is 30.0 Å². The highest BCUT2D eigenvalue weighted by atomic mass is 31.2. The van der Waals surface area contributed by atoms with E-state index in [1.165, 1.54) is 0 Å². The van der Waals surface area contributed by atoms with Crippen LogP contribution < -0.4 is 0 Å². The molecule has 0 aromatic carbocycles. The molecule has 0 aliphatic heterocycles. The van der Waals surface area contributed by atoms with Crippen LogP contribution in [-0.2, 0) is 13.6 Å². The lowest BCUT2D eigenvalue weighted by Gasteiger charge is -2.33. The van der Waals surface area contributed by atoms with Crippen molar-refractivity contribution in [2.45, 2.75) is 60.1 Å². The molecule has 0 saturated carbocycles. The van der Waals surface area contributed by atoms with Gasteiger partial charge in [0, 0.05) is 12.6 Å². The largest absolute Gasteiger partial charge is 0.408 e. The van der Waals surface area contributed by atoms with E-state index >= 15 is 0 Å². The lowest BCUT2D eigenvalue weighted by Crippen LogP contribution is -2.31. The molecule has 98 valence electrons. The van der Waals surface area contributed by atoms with E-state index in [2.05, 4.69) is 6.92 Å². The molecule has 0 fully saturated rings. The highest BCUT2D eigenvalue weighted by Crippen LogP contribution is 2.54. The van der Waals surface area contributed by atoms with Crippen LogP contribution in [0.15, 0.2) is 0 Å². The molecule has 1 unspecified atom stereocenters. The van der Waals surface area contributed by atoms with Crippen molar-refractivity contribution in [3.05, 3.63) is 0 Å². The number of hydrogen-bond donors (Lipinski definition) is 0. The topological polar surface area (TPSA) is 38.8 Å². The zero-order valence-electron chi connectivity index (χ0n) is 11.4. The second kappa shape index (κ2) is 7.44. The van der Waals surface area contributed by atoms with Crippen LogP contribution in [0.3, 0.4) is 0 Å². The molecule has 16 heavy (non-hydrogen) atoms. The zero-order valence-corrected chi connectivity index (χ0v) is 12.3. The summed E-state index contributed by atoms with van der Waals surface area (Å²) in [5.74, 6) is 0. The normalized spacial score (nSPS) is 16.1. The average molecular weight is 251 g/mol. The molecule has 0 spiro atoms. The van der Waals surface area contributed by atoms with E-state index in [1.807, 2.05) is 39.3 Å². The van der Waals surface area contributed by atoms with Crippen LogP contribution in [0.1, 0.15) is 48.0 Å². The van der Waals surface area contributed by atoms with Crippen molar-refractivity contribution < 1.29 is 13.6 Å². The maximum absolute atomic E-state index is 12.6. The summed E-state index contributed by atoms with van der Waals surface area (Å²) in [5.41, 5.74) is 0. The lowest BCUT2D eigenvalue weighted by molar-refractivity contribution is 0.122. The Kier molecular flexibility index (Phi) is 7.49. The number of hydrogen-bond acceptors (Lipinski definition) is 3. The average Bonchev–Trinajstić information content (AvgIpc) is 2.12. The van der Waals surface area contributed by atoms with Crippen molar-refractivity contribution in [1.82, 2.24) is 4.67 Å². The zero-order chi connectivity index (χ0) is 12.8. The van der Waals surface area contributed by atoms with Crippen molar-refractivity contribution >= 4 is 7.75 Å². The maximum Gasteiger partial charge on any atom is 0.408 e. The van der Waals surface area contributed by atoms with Crippen LogP contribution in [0.5, 0.6) is 0 Å². The van der Waals surface area contributed by atoms with Gasteiger partial charge in [-0.2, -0.15) is 0 Å². The predicted molar refractivity (Wildman–Crippen MR) is 67.6 cm³/mol. The summed E-state index contributed by atoms with van der Waals surface area (Å²) >= 11 is 0. The summed E-state index contributed by atoms with van der Waals surface area (Å²) in [6, 6.07) is 0.149. The lowest BCUT2D eigenvalue weighted by atomic mass is 10.4. The van der Waals surface area contributed by atoms with Crippen molar-refractivity contribution in [2.24, 2.45) is 0 Å². The van der Waals surface area contributed by atoms with Crippen molar-refractivity contribution in [1.29, 1.82) is 0 Å². The molecule has 0 aliphatic rings. The van der Waals surface area contributed by atoms with Gasteiger partial charge >= 0.3 is 7.75 Å². The molecular weight excluding hydrogens is 225 g/mol. The Balaban J connectivity index is 4.88. The summed E-state index contributed by atoms with van der Waals surface area (Å²) in [4.78, 5) is 0. The first-order valence-electron chi connectivity index (χ1n) is 6.07. The van der Waals surface area contributed by atoms with E-state index in [0.29, 0.717) is 6.61 Å². The quantitative estimate of drug-likeness (QED) is 0.617. The minimum Gasteiger partial charge on any atom is -0.297 e. The molecule has 0 amide bonds. The van der Waals surface area contributed by atoms with Crippen LogP contribution in [0.25, 0.3) is 0 Å². The van der Waals surface area contributed by atoms with E-state index in [9.17, 15) is 4.57 Å². The van der Waals surface area contributed by atoms with Crippen LogP contribution in [0.2, 0.25) is 0 Å². The van der Waals surface area contributed by atoms with Gasteiger partial charge in [-0.3, -0.25) is 9.05 Å². The number of rotatable bonds is 8. The van der Waals surface area contributed by atoms with Gasteiger partial charge in [-0.25, -0.2) is 9.24 Å². The first kappa shape index (κ1) is 16.1. The molecule has 4 nitrogen and oxygen atoms in total. The van der Waals surface area contributed by atoms with Crippen molar-refractivity contribution in [3.8, 4) is 0 Å². The minimum atomic E-state index is -3.12. The van der Waals surface area contributed by atoms with Crippen LogP contribution in [0, 0.1) is 0 Å². The smallest absolute Gasteiger partial charge is 0.297 e. The van der Waals surface area contributed by atoms with Crippen molar-refractivity contribution in [2.75, 3.05) is 13.2 Å². The molecule has 0 bridgehead atoms. The summed E-state index contributed by atoms with van der Waals surface area (Å²) in [7, 11) is -3.12. The van der Waals surface area contributed by atoms with Gasteiger partial charge < -0.3 is 0 Å². The standard InChI is InChI=1S/C11H26NO3P/c1-7-9-12(10(3)4)16(13,14-8-2)15-11(5)6/h10-11H,7-9H2,1-6H3. The Morgan fingerprint density at radius 2 is 1.75 bits per heavy atom. The van der Waals surface area contributed by atoms with E-state index in [-0.39, 0.29) is 12.1 Å². The van der Waals surface area contributed by atoms with E-state index in [1.54, 1.807) is 0 Å². The van der Waals surface area contributed by atoms with Gasteiger partial charge in [0.1, 0.15) is 0 Å². The molecular formula is C11H26NO3P. The highest BCUT2D eigenvalue weighted by Gasteiger charge is 2.35. The van der Waals surface area contributed by atoms with Crippen LogP contribution >= 0.6 is 7.75 Å². The third kappa shape index (κ3) is 4.96. The Labute approximate surface area is 99.9 Å². The van der Waals surface area contributed by atoms with E-state index < -0.39 is 7.75 Å². The molecule has 0 radical (unpaired) electrons. The van der Waals surface area contributed by atoms with E-state index in [0.717, 1.165) is 13.0 Å². The summed E-state index contributed by atoms with van der Waals surface area (Å²) in [6.45, 7) is 12.8. The summed E-state index contributed by atoms with van der Waals surface area (Å²) in [5, 5.41) is 0. The Morgan fingerprint density at radius 1 is 1.19 bits per heavy atom. The van der Waals surface area contributed by atoms with Gasteiger partial charge in [0.25, 0.3) is 0 Å². The fourth-order valence-electron chi connectivity index (χ4n) is 1.49. The molecule has 0 saturated heterocycles. The van der Waals surface area contributed by atoms with Gasteiger partial charge in [0.2, 0.25) is 0 Å². The molecule has 0 heterocycles. The Hall–Kier alpha value is 0.110. The first-order chi connectivity index (χ1) is 7.37. The highest BCUT2D eigenvalue weighted by molar-refractivity contribution is 7.51. The van der Waals surface area contributed by atoms with Crippen molar-refractivity contribution in [3.63, 3.8) is 0 Å². The van der Waals surface area contributed by atoms with Crippen LogP contribution in [0.4, 0.5) is 0 Å². The van der Waals surface area contributed by atoms with Gasteiger partial charge in [-0.15, -0.1) is 0 Å². The van der Waals surface area contributed by atoms with Gasteiger partial charge in [-0.05, 0) is 41.0 Å². The molecule has 0 N–H and O–H groups in total. The molecule has 1 atom stereocenters. The van der Waals surface area contributed by atoms with Gasteiger partial charge in [0.05, 0.1) is 12.7 Å². The monoisotopic (exact) mass is 251 g/mol. The maximum atomic E-state index is 12.6. The first-order valence-corrected chi connectivity index (χ1v) is 7.57. The molecule has 0 aromatic heterocycles. The Bertz CT molecular complexity index is 231.